The maximum Gasteiger partial charge on any atom is 0.410 e. The van der Waals surface area contributed by atoms with Gasteiger partial charge in [0.05, 0.1) is 5.52 Å². The first kappa shape index (κ1) is 22.2. The normalized spacial score (nSPS) is 18.0. The highest BCUT2D eigenvalue weighted by Crippen LogP contribution is 2.33. The number of aromatic nitrogens is 3. The molecule has 0 aliphatic heterocycles. The Hall–Kier alpha value is -3.61. The second-order valence-electron chi connectivity index (χ2n) is 10.0. The zero-order valence-electron chi connectivity index (χ0n) is 20.3. The number of hydrogen-bond donors (Lipinski definition) is 0. The SMILES string of the molecule is CN(C(=O)OC(C)(C)C)C1CC(Oc2ccc(-c3ccc4c5cnccc5n(C)c4c3)cn2)C1. The summed E-state index contributed by atoms with van der Waals surface area (Å²) in [5.41, 5.74) is 3.98. The van der Waals surface area contributed by atoms with Crippen molar-refractivity contribution in [1.29, 1.82) is 0 Å². The predicted molar refractivity (Wildman–Crippen MR) is 133 cm³/mol. The summed E-state index contributed by atoms with van der Waals surface area (Å²) in [4.78, 5) is 22.7. The van der Waals surface area contributed by atoms with Crippen LogP contribution in [-0.2, 0) is 11.8 Å². The molecule has 0 atom stereocenters. The standard InChI is InChI=1S/C27H30N4O3/c1-27(2,3)34-26(32)30(4)19-13-20(14-19)33-25-9-7-18(15-29-25)17-6-8-21-22-16-28-11-10-23(22)31(5)24(21)12-17/h6-12,15-16,19-20H,13-14H2,1-5H3. The van der Waals surface area contributed by atoms with E-state index in [2.05, 4.69) is 39.8 Å². The molecule has 1 aromatic carbocycles. The maximum atomic E-state index is 12.2. The van der Waals surface area contributed by atoms with Crippen LogP contribution in [0.4, 0.5) is 4.79 Å². The minimum atomic E-state index is -0.494. The van der Waals surface area contributed by atoms with E-state index < -0.39 is 5.60 Å². The second-order valence-corrected chi connectivity index (χ2v) is 10.0. The molecule has 0 N–H and O–H groups in total. The molecule has 0 unspecified atom stereocenters. The second kappa shape index (κ2) is 8.31. The third-order valence-electron chi connectivity index (χ3n) is 6.46. The van der Waals surface area contributed by atoms with E-state index in [1.54, 1.807) is 11.9 Å². The van der Waals surface area contributed by atoms with Gasteiger partial charge in [-0.15, -0.1) is 0 Å². The summed E-state index contributed by atoms with van der Waals surface area (Å²) < 4.78 is 13.7. The molecular formula is C27H30N4O3. The first-order valence-corrected chi connectivity index (χ1v) is 11.6. The van der Waals surface area contributed by atoms with E-state index in [0.29, 0.717) is 5.88 Å². The van der Waals surface area contributed by atoms with Gasteiger partial charge in [-0.25, -0.2) is 9.78 Å². The Bertz CT molecular complexity index is 1350. The molecule has 0 radical (unpaired) electrons. The Kier molecular flexibility index (Phi) is 5.42. The van der Waals surface area contributed by atoms with Gasteiger partial charge in [-0.05, 0) is 44.5 Å². The van der Waals surface area contributed by atoms with Gasteiger partial charge >= 0.3 is 6.09 Å². The molecule has 0 bridgehead atoms. The van der Waals surface area contributed by atoms with E-state index in [1.807, 2.05) is 57.6 Å². The minimum Gasteiger partial charge on any atom is -0.474 e. The molecule has 1 aliphatic carbocycles. The summed E-state index contributed by atoms with van der Waals surface area (Å²) in [6.07, 6.45) is 6.89. The van der Waals surface area contributed by atoms with Crippen LogP contribution in [0.3, 0.4) is 0 Å². The summed E-state index contributed by atoms with van der Waals surface area (Å²) in [6.45, 7) is 5.62. The molecule has 1 aliphatic rings. The average molecular weight is 459 g/mol. The molecule has 7 heteroatoms. The molecule has 3 aromatic heterocycles. The van der Waals surface area contributed by atoms with Crippen molar-refractivity contribution in [2.75, 3.05) is 7.05 Å². The summed E-state index contributed by atoms with van der Waals surface area (Å²) in [5.74, 6) is 0.601. The number of nitrogens with zero attached hydrogens (tertiary/aromatic N) is 4. The van der Waals surface area contributed by atoms with Gasteiger partial charge in [0.15, 0.2) is 0 Å². The van der Waals surface area contributed by atoms with E-state index in [0.717, 1.165) is 34.9 Å². The van der Waals surface area contributed by atoms with E-state index in [9.17, 15) is 4.79 Å². The maximum absolute atomic E-state index is 12.2. The van der Waals surface area contributed by atoms with Crippen molar-refractivity contribution in [2.24, 2.45) is 7.05 Å². The average Bonchev–Trinajstić information content (AvgIpc) is 3.07. The lowest BCUT2D eigenvalue weighted by Gasteiger charge is -2.40. The number of amides is 1. The number of benzene rings is 1. The number of fused-ring (bicyclic) bond motifs is 3. The van der Waals surface area contributed by atoms with Crippen molar-refractivity contribution < 1.29 is 14.3 Å². The highest BCUT2D eigenvalue weighted by atomic mass is 16.6. The van der Waals surface area contributed by atoms with E-state index in [4.69, 9.17) is 9.47 Å². The van der Waals surface area contributed by atoms with Crippen LogP contribution in [0.1, 0.15) is 33.6 Å². The highest BCUT2D eigenvalue weighted by Gasteiger charge is 2.37. The molecule has 0 spiro atoms. The molecule has 1 fully saturated rings. The van der Waals surface area contributed by atoms with Crippen LogP contribution in [0.15, 0.2) is 55.0 Å². The number of carbonyl (C=O) groups excluding carboxylic acids is 1. The van der Waals surface area contributed by atoms with E-state index in [1.165, 1.54) is 10.9 Å². The lowest BCUT2D eigenvalue weighted by Crippen LogP contribution is -2.51. The quantitative estimate of drug-likeness (QED) is 0.400. The molecule has 3 heterocycles. The van der Waals surface area contributed by atoms with E-state index >= 15 is 0 Å². The number of carbonyl (C=O) groups is 1. The molecule has 176 valence electrons. The molecule has 7 nitrogen and oxygen atoms in total. The Labute approximate surface area is 199 Å². The van der Waals surface area contributed by atoms with E-state index in [-0.39, 0.29) is 18.2 Å². The number of ether oxygens (including phenoxy) is 2. The third kappa shape index (κ3) is 4.18. The molecular weight excluding hydrogens is 428 g/mol. The molecule has 0 saturated heterocycles. The van der Waals surface area contributed by atoms with Crippen LogP contribution in [0.25, 0.3) is 32.9 Å². The highest BCUT2D eigenvalue weighted by molar-refractivity contribution is 6.08. The fraction of sp³-hybridized carbons (Fsp3) is 0.370. The van der Waals surface area contributed by atoms with Crippen LogP contribution in [-0.4, -0.2) is 50.3 Å². The largest absolute Gasteiger partial charge is 0.474 e. The number of pyridine rings is 2. The molecule has 34 heavy (non-hydrogen) atoms. The fourth-order valence-corrected chi connectivity index (χ4v) is 4.46. The molecule has 1 saturated carbocycles. The van der Waals surface area contributed by atoms with Crippen molar-refractivity contribution in [1.82, 2.24) is 19.4 Å². The summed E-state index contributed by atoms with van der Waals surface area (Å²) >= 11 is 0. The number of hydrogen-bond acceptors (Lipinski definition) is 5. The van der Waals surface area contributed by atoms with Crippen LogP contribution >= 0.6 is 0 Å². The third-order valence-corrected chi connectivity index (χ3v) is 6.46. The van der Waals surface area contributed by atoms with Crippen molar-refractivity contribution in [3.63, 3.8) is 0 Å². The summed E-state index contributed by atoms with van der Waals surface area (Å²) in [7, 11) is 3.86. The zero-order valence-corrected chi connectivity index (χ0v) is 20.3. The number of aryl methyl sites for hydroxylation is 1. The van der Waals surface area contributed by atoms with Crippen molar-refractivity contribution in [2.45, 2.75) is 51.4 Å². The smallest absolute Gasteiger partial charge is 0.410 e. The Morgan fingerprint density at radius 3 is 2.50 bits per heavy atom. The predicted octanol–water partition coefficient (Wildman–Crippen LogP) is 5.57. The first-order chi connectivity index (χ1) is 16.2. The number of rotatable bonds is 4. The van der Waals surface area contributed by atoms with Crippen LogP contribution < -0.4 is 4.74 Å². The Morgan fingerprint density at radius 2 is 1.79 bits per heavy atom. The topological polar surface area (TPSA) is 69.5 Å². The van der Waals surface area contributed by atoms with Crippen molar-refractivity contribution in [3.8, 4) is 17.0 Å². The van der Waals surface area contributed by atoms with Crippen LogP contribution in [0, 0.1) is 0 Å². The zero-order chi connectivity index (χ0) is 24.0. The first-order valence-electron chi connectivity index (χ1n) is 11.6. The Balaban J connectivity index is 1.24. The Morgan fingerprint density at radius 1 is 1.03 bits per heavy atom. The minimum absolute atomic E-state index is 0.0500. The van der Waals surface area contributed by atoms with Gasteiger partial charge < -0.3 is 18.9 Å². The fourth-order valence-electron chi connectivity index (χ4n) is 4.46. The molecule has 4 aromatic rings. The lowest BCUT2D eigenvalue weighted by molar-refractivity contribution is -0.00964. The van der Waals surface area contributed by atoms with Gasteiger partial charge in [0.25, 0.3) is 0 Å². The van der Waals surface area contributed by atoms with Gasteiger partial charge in [-0.3, -0.25) is 4.98 Å². The van der Waals surface area contributed by atoms with Gasteiger partial charge in [-0.2, -0.15) is 0 Å². The van der Waals surface area contributed by atoms with Crippen molar-refractivity contribution >= 4 is 27.9 Å². The van der Waals surface area contributed by atoms with Gasteiger partial charge in [-0.1, -0.05) is 12.1 Å². The van der Waals surface area contributed by atoms with Gasteiger partial charge in [0, 0.05) is 79.5 Å². The molecule has 1 amide bonds. The van der Waals surface area contributed by atoms with Crippen LogP contribution in [0.5, 0.6) is 5.88 Å². The van der Waals surface area contributed by atoms with Gasteiger partial charge in [0.2, 0.25) is 5.88 Å². The monoisotopic (exact) mass is 458 g/mol. The molecule has 5 rings (SSSR count). The van der Waals surface area contributed by atoms with Crippen molar-refractivity contribution in [3.05, 3.63) is 55.0 Å². The van der Waals surface area contributed by atoms with Crippen LogP contribution in [0.2, 0.25) is 0 Å². The lowest BCUT2D eigenvalue weighted by atomic mass is 9.88. The van der Waals surface area contributed by atoms with Gasteiger partial charge in [0.1, 0.15) is 11.7 Å². The summed E-state index contributed by atoms with van der Waals surface area (Å²) in [5, 5.41) is 2.35. The summed E-state index contributed by atoms with van der Waals surface area (Å²) in [6, 6.07) is 12.6.